The molecule has 0 unspecified atom stereocenters. The van der Waals surface area contributed by atoms with Crippen molar-refractivity contribution in [1.29, 1.82) is 0 Å². The Morgan fingerprint density at radius 2 is 1.68 bits per heavy atom. The quantitative estimate of drug-likeness (QED) is 0.356. The third kappa shape index (κ3) is 5.78. The summed E-state index contributed by atoms with van der Waals surface area (Å²) in [7, 11) is 3.10. The molecule has 4 rings (SSSR count). The number of nitrogens with one attached hydrogen (secondary N) is 1. The van der Waals surface area contributed by atoms with Crippen molar-refractivity contribution in [2.24, 2.45) is 0 Å². The number of carbonyl (C=O) groups excluding carboxylic acids is 2. The average Bonchev–Trinajstić information content (AvgIpc) is 3.35. The molecule has 0 aliphatic rings. The summed E-state index contributed by atoms with van der Waals surface area (Å²) in [6, 6.07) is 20.2. The summed E-state index contributed by atoms with van der Waals surface area (Å²) >= 11 is 0. The fourth-order valence-electron chi connectivity index (χ4n) is 3.83. The summed E-state index contributed by atoms with van der Waals surface area (Å²) in [4.78, 5) is 32.0. The number of benzene rings is 3. The fraction of sp³-hybridized carbons (Fsp3) is 0.179. The van der Waals surface area contributed by atoms with E-state index in [0.717, 1.165) is 5.56 Å². The molecule has 37 heavy (non-hydrogen) atoms. The highest BCUT2D eigenvalue weighted by atomic mass is 19.1. The topological polar surface area (TPSA) is 85.7 Å². The number of methoxy groups -OCH3 is 2. The zero-order valence-electron chi connectivity index (χ0n) is 20.8. The van der Waals surface area contributed by atoms with Gasteiger partial charge in [-0.25, -0.2) is 9.37 Å². The van der Waals surface area contributed by atoms with E-state index in [2.05, 4.69) is 10.3 Å². The average molecular weight is 503 g/mol. The molecule has 1 aromatic heterocycles. The lowest BCUT2D eigenvalue weighted by atomic mass is 10.2. The number of carbonyl (C=O) groups is 2. The molecule has 190 valence electrons. The summed E-state index contributed by atoms with van der Waals surface area (Å²) in [5.41, 5.74) is 2.52. The highest BCUT2D eigenvalue weighted by Gasteiger charge is 2.20. The molecule has 0 spiro atoms. The lowest BCUT2D eigenvalue weighted by Gasteiger charge is -2.20. The molecule has 0 fully saturated rings. The van der Waals surface area contributed by atoms with Crippen LogP contribution in [-0.2, 0) is 4.79 Å². The second-order valence-corrected chi connectivity index (χ2v) is 8.10. The minimum Gasteiger partial charge on any atom is -0.493 e. The van der Waals surface area contributed by atoms with Crippen LogP contribution in [0.2, 0.25) is 0 Å². The Kier molecular flexibility index (Phi) is 7.83. The first-order chi connectivity index (χ1) is 17.9. The number of aromatic nitrogens is 2. The van der Waals surface area contributed by atoms with E-state index >= 15 is 0 Å². The second kappa shape index (κ2) is 11.4. The number of hydrogen-bond acceptors (Lipinski definition) is 5. The van der Waals surface area contributed by atoms with Gasteiger partial charge < -0.3 is 14.4 Å². The van der Waals surface area contributed by atoms with Gasteiger partial charge in [0, 0.05) is 29.9 Å². The van der Waals surface area contributed by atoms with Crippen LogP contribution in [0.5, 0.6) is 11.5 Å². The van der Waals surface area contributed by atoms with Gasteiger partial charge in [-0.2, -0.15) is 0 Å². The van der Waals surface area contributed by atoms with Crippen LogP contribution < -0.4 is 14.8 Å². The van der Waals surface area contributed by atoms with Gasteiger partial charge in [-0.1, -0.05) is 30.3 Å². The summed E-state index contributed by atoms with van der Waals surface area (Å²) in [5.74, 6) is 0.137. The predicted molar refractivity (Wildman–Crippen MR) is 139 cm³/mol. The molecule has 1 heterocycles. The molecule has 1 N–H and O–H groups in total. The molecular weight excluding hydrogens is 475 g/mol. The van der Waals surface area contributed by atoms with Crippen molar-refractivity contribution in [3.05, 3.63) is 90.4 Å². The first-order valence-corrected chi connectivity index (χ1v) is 11.7. The Morgan fingerprint density at radius 1 is 0.973 bits per heavy atom. The molecule has 0 saturated heterocycles. The molecule has 0 aliphatic carbocycles. The van der Waals surface area contributed by atoms with Crippen molar-refractivity contribution in [1.82, 2.24) is 14.5 Å². The van der Waals surface area contributed by atoms with Gasteiger partial charge in [0.15, 0.2) is 11.5 Å². The maximum atomic E-state index is 13.3. The first-order valence-electron chi connectivity index (χ1n) is 11.7. The van der Waals surface area contributed by atoms with Gasteiger partial charge in [0.25, 0.3) is 5.91 Å². The van der Waals surface area contributed by atoms with Crippen molar-refractivity contribution in [3.8, 4) is 28.4 Å². The fourth-order valence-corrected chi connectivity index (χ4v) is 3.83. The number of rotatable bonds is 9. The highest BCUT2D eigenvalue weighted by Crippen LogP contribution is 2.31. The molecule has 4 aromatic rings. The second-order valence-electron chi connectivity index (χ2n) is 8.10. The minimum absolute atomic E-state index is 0.202. The third-order valence-corrected chi connectivity index (χ3v) is 5.77. The monoisotopic (exact) mass is 502 g/mol. The van der Waals surface area contributed by atoms with Crippen LogP contribution >= 0.6 is 0 Å². The summed E-state index contributed by atoms with van der Waals surface area (Å²) in [6.07, 6.45) is 1.81. The van der Waals surface area contributed by atoms with Crippen molar-refractivity contribution in [2.45, 2.75) is 6.92 Å². The smallest absolute Gasteiger partial charge is 0.254 e. The standard InChI is InChI=1S/C28H27FN4O4/c1-4-32(27(35)20-10-12-21(29)13-11-20)18-26(34)31-28-30-23(19-8-6-5-7-9-19)17-33(28)22-14-15-24(36-2)25(16-22)37-3/h5-17H,4,18H2,1-3H3,(H,30,31,34). The van der Waals surface area contributed by atoms with Crippen LogP contribution in [0, 0.1) is 5.82 Å². The zero-order valence-corrected chi connectivity index (χ0v) is 20.8. The number of ether oxygens (including phenoxy) is 2. The zero-order chi connectivity index (χ0) is 26.4. The van der Waals surface area contributed by atoms with Crippen LogP contribution in [0.4, 0.5) is 10.3 Å². The molecule has 2 amide bonds. The Balaban J connectivity index is 1.63. The minimum atomic E-state index is -0.437. The van der Waals surface area contributed by atoms with E-state index in [-0.39, 0.29) is 18.4 Å². The Bertz CT molecular complexity index is 1390. The van der Waals surface area contributed by atoms with E-state index in [1.54, 1.807) is 37.8 Å². The number of hydrogen-bond donors (Lipinski definition) is 1. The Labute approximate surface area is 214 Å². The van der Waals surface area contributed by atoms with E-state index in [1.807, 2.05) is 42.6 Å². The molecule has 0 bridgehead atoms. The van der Waals surface area contributed by atoms with Crippen molar-refractivity contribution >= 4 is 17.8 Å². The molecule has 8 nitrogen and oxygen atoms in total. The van der Waals surface area contributed by atoms with E-state index in [9.17, 15) is 14.0 Å². The number of amides is 2. The molecular formula is C28H27FN4O4. The highest BCUT2D eigenvalue weighted by molar-refractivity contribution is 5.99. The third-order valence-electron chi connectivity index (χ3n) is 5.77. The Morgan fingerprint density at radius 3 is 2.32 bits per heavy atom. The number of likely N-dealkylation sites (N-methyl/N-ethyl adjacent to an activating group) is 1. The van der Waals surface area contributed by atoms with Gasteiger partial charge in [0.1, 0.15) is 12.4 Å². The maximum absolute atomic E-state index is 13.3. The van der Waals surface area contributed by atoms with E-state index in [4.69, 9.17) is 9.47 Å². The number of imidazole rings is 1. The normalized spacial score (nSPS) is 10.6. The molecule has 3 aromatic carbocycles. The maximum Gasteiger partial charge on any atom is 0.254 e. The number of nitrogens with zero attached hydrogens (tertiary/aromatic N) is 3. The number of anilines is 1. The van der Waals surface area contributed by atoms with Gasteiger partial charge in [-0.3, -0.25) is 19.5 Å². The van der Waals surface area contributed by atoms with Crippen LogP contribution in [0.3, 0.4) is 0 Å². The lowest BCUT2D eigenvalue weighted by molar-refractivity contribution is -0.116. The van der Waals surface area contributed by atoms with Crippen LogP contribution in [0.25, 0.3) is 16.9 Å². The molecule has 0 aliphatic heterocycles. The van der Waals surface area contributed by atoms with Crippen LogP contribution in [0.15, 0.2) is 79.0 Å². The summed E-state index contributed by atoms with van der Waals surface area (Å²) < 4.78 is 25.8. The Hall–Kier alpha value is -4.66. The largest absolute Gasteiger partial charge is 0.493 e. The van der Waals surface area contributed by atoms with E-state index < -0.39 is 11.7 Å². The summed E-state index contributed by atoms with van der Waals surface area (Å²) in [5, 5.41) is 2.83. The van der Waals surface area contributed by atoms with Crippen molar-refractivity contribution < 1.29 is 23.5 Å². The summed E-state index contributed by atoms with van der Waals surface area (Å²) in [6.45, 7) is 1.86. The lowest BCUT2D eigenvalue weighted by Crippen LogP contribution is -2.38. The van der Waals surface area contributed by atoms with Gasteiger partial charge in [-0.15, -0.1) is 0 Å². The molecule has 0 radical (unpaired) electrons. The van der Waals surface area contributed by atoms with Gasteiger partial charge in [0.2, 0.25) is 11.9 Å². The van der Waals surface area contributed by atoms with Gasteiger partial charge >= 0.3 is 0 Å². The molecule has 0 saturated carbocycles. The van der Waals surface area contributed by atoms with Crippen LogP contribution in [-0.4, -0.2) is 53.6 Å². The number of halogens is 1. The van der Waals surface area contributed by atoms with Gasteiger partial charge in [-0.05, 0) is 43.3 Å². The first kappa shape index (κ1) is 25.4. The predicted octanol–water partition coefficient (Wildman–Crippen LogP) is 4.80. The van der Waals surface area contributed by atoms with Crippen molar-refractivity contribution in [2.75, 3.05) is 32.6 Å². The SMILES string of the molecule is CCN(CC(=O)Nc1nc(-c2ccccc2)cn1-c1ccc(OC)c(OC)c1)C(=O)c1ccc(F)cc1. The molecule has 0 atom stereocenters. The molecule has 9 heteroatoms. The van der Waals surface area contributed by atoms with E-state index in [0.29, 0.717) is 35.0 Å². The van der Waals surface area contributed by atoms with E-state index in [1.165, 1.54) is 29.2 Å². The van der Waals surface area contributed by atoms with Crippen molar-refractivity contribution in [3.63, 3.8) is 0 Å². The van der Waals surface area contributed by atoms with Gasteiger partial charge in [0.05, 0.1) is 25.6 Å². The van der Waals surface area contributed by atoms with Crippen LogP contribution in [0.1, 0.15) is 17.3 Å².